The van der Waals surface area contributed by atoms with E-state index in [1.54, 1.807) is 26.8 Å². The Bertz CT molecular complexity index is 283. The zero-order chi connectivity index (χ0) is 10.8. The van der Waals surface area contributed by atoms with Crippen LogP contribution in [-0.2, 0) is 14.3 Å². The molecule has 0 aliphatic carbocycles. The number of carbonyl (C=O) groups is 1. The molecule has 1 rings (SSSR count). The van der Waals surface area contributed by atoms with Crippen molar-refractivity contribution in [1.29, 1.82) is 0 Å². The Balaban J connectivity index is 2.76. The van der Waals surface area contributed by atoms with Crippen molar-refractivity contribution in [3.05, 3.63) is 23.8 Å². The van der Waals surface area contributed by atoms with Crippen molar-refractivity contribution in [2.24, 2.45) is 0 Å². The summed E-state index contributed by atoms with van der Waals surface area (Å²) in [6.45, 7) is 9.98. The molecule has 1 aliphatic heterocycles. The van der Waals surface area contributed by atoms with E-state index in [1.807, 2.05) is 0 Å². The molecule has 1 aliphatic rings. The third kappa shape index (κ3) is 2.53. The molecule has 3 heteroatoms. The Morgan fingerprint density at radius 1 is 1.36 bits per heavy atom. The van der Waals surface area contributed by atoms with Crippen molar-refractivity contribution in [3.63, 3.8) is 0 Å². The number of hydrogen-bond acceptors (Lipinski definition) is 3. The van der Waals surface area contributed by atoms with E-state index < -0.39 is 5.79 Å². The van der Waals surface area contributed by atoms with Gasteiger partial charge in [-0.2, -0.15) is 0 Å². The monoisotopic (exact) mass is 196 g/mol. The Kier molecular flexibility index (Phi) is 3.24. The van der Waals surface area contributed by atoms with E-state index in [0.717, 1.165) is 0 Å². The van der Waals surface area contributed by atoms with Gasteiger partial charge in [-0.1, -0.05) is 6.58 Å². The molecule has 0 saturated carbocycles. The van der Waals surface area contributed by atoms with Gasteiger partial charge in [0, 0.05) is 0 Å². The van der Waals surface area contributed by atoms with Crippen LogP contribution in [0.4, 0.5) is 0 Å². The fourth-order valence-electron chi connectivity index (χ4n) is 1.41. The smallest absolute Gasteiger partial charge is 0.185 e. The molecule has 0 amide bonds. The van der Waals surface area contributed by atoms with Crippen molar-refractivity contribution < 1.29 is 14.3 Å². The highest BCUT2D eigenvalue weighted by Gasteiger charge is 2.29. The molecule has 0 atom stereocenters. The van der Waals surface area contributed by atoms with Crippen molar-refractivity contribution in [2.45, 2.75) is 26.6 Å². The summed E-state index contributed by atoms with van der Waals surface area (Å²) in [6.07, 6.45) is 1.71. The molecule has 0 aromatic rings. The number of Topliss-reactive ketones (excluding diaryl/α,β-unsaturated/α-hetero) is 1. The van der Waals surface area contributed by atoms with E-state index in [4.69, 9.17) is 9.47 Å². The van der Waals surface area contributed by atoms with Crippen molar-refractivity contribution in [1.82, 2.24) is 0 Å². The van der Waals surface area contributed by atoms with Crippen LogP contribution in [0.3, 0.4) is 0 Å². The first-order chi connectivity index (χ1) is 6.44. The van der Waals surface area contributed by atoms with Gasteiger partial charge >= 0.3 is 0 Å². The lowest BCUT2D eigenvalue weighted by atomic mass is 10.1. The van der Waals surface area contributed by atoms with Crippen molar-refractivity contribution >= 4 is 5.78 Å². The average Bonchev–Trinajstić information content (AvgIpc) is 2.50. The predicted octanol–water partition coefficient (Wildman–Crippen LogP) is 1.84. The summed E-state index contributed by atoms with van der Waals surface area (Å²) in [5.74, 6) is -0.792. The van der Waals surface area contributed by atoms with Gasteiger partial charge in [0.2, 0.25) is 0 Å². The maximum atomic E-state index is 11.5. The van der Waals surface area contributed by atoms with Crippen LogP contribution in [-0.4, -0.2) is 24.8 Å². The highest BCUT2D eigenvalue weighted by atomic mass is 16.7. The summed E-state index contributed by atoms with van der Waals surface area (Å²) < 4.78 is 10.7. The summed E-state index contributed by atoms with van der Waals surface area (Å²) in [5.41, 5.74) is 1.14. The predicted molar refractivity (Wildman–Crippen MR) is 53.9 cm³/mol. The fraction of sp³-hybridized carbons (Fsp3) is 0.545. The van der Waals surface area contributed by atoms with Gasteiger partial charge in [0.25, 0.3) is 0 Å². The summed E-state index contributed by atoms with van der Waals surface area (Å²) in [6, 6.07) is 0. The van der Waals surface area contributed by atoms with E-state index in [1.165, 1.54) is 0 Å². The molecule has 0 radical (unpaired) electrons. The lowest BCUT2D eigenvalue weighted by Crippen LogP contribution is -2.23. The molecule has 0 aromatic carbocycles. The maximum Gasteiger partial charge on any atom is 0.185 e. The molecular formula is C11H16O3. The molecule has 1 fully saturated rings. The second-order valence-electron chi connectivity index (χ2n) is 3.65. The largest absolute Gasteiger partial charge is 0.344 e. The molecule has 0 aromatic heterocycles. The minimum absolute atomic E-state index is 0.0506. The zero-order valence-corrected chi connectivity index (χ0v) is 8.92. The molecule has 1 heterocycles. The molecule has 3 nitrogen and oxygen atoms in total. The number of ether oxygens (including phenoxy) is 2. The summed E-state index contributed by atoms with van der Waals surface area (Å²) >= 11 is 0. The normalized spacial score (nSPS) is 20.9. The highest BCUT2D eigenvalue weighted by Crippen LogP contribution is 2.22. The first-order valence-corrected chi connectivity index (χ1v) is 4.62. The maximum absolute atomic E-state index is 11.5. The van der Waals surface area contributed by atoms with E-state index in [9.17, 15) is 4.79 Å². The SMILES string of the molecule is C=C(C)C(=O)/C(C)=C\C1(C)OCCO1. The second kappa shape index (κ2) is 4.07. The van der Waals surface area contributed by atoms with Gasteiger partial charge < -0.3 is 9.47 Å². The lowest BCUT2D eigenvalue weighted by Gasteiger charge is -2.18. The van der Waals surface area contributed by atoms with Gasteiger partial charge in [0.15, 0.2) is 11.6 Å². The van der Waals surface area contributed by atoms with Crippen LogP contribution < -0.4 is 0 Å². The van der Waals surface area contributed by atoms with Crippen LogP contribution in [0.15, 0.2) is 23.8 Å². The molecule has 0 N–H and O–H groups in total. The highest BCUT2D eigenvalue weighted by molar-refractivity contribution is 6.06. The van der Waals surface area contributed by atoms with E-state index in [0.29, 0.717) is 24.4 Å². The van der Waals surface area contributed by atoms with Gasteiger partial charge in [-0.05, 0) is 38.0 Å². The summed E-state index contributed by atoms with van der Waals surface area (Å²) in [5, 5.41) is 0. The topological polar surface area (TPSA) is 35.5 Å². The minimum atomic E-state index is -0.741. The standard InChI is InChI=1S/C11H16O3/c1-8(2)10(12)9(3)7-11(4)13-5-6-14-11/h7H,1,5-6H2,2-4H3/b9-7-. The molecule has 14 heavy (non-hydrogen) atoms. The number of carbonyl (C=O) groups excluding carboxylic acids is 1. The molecule has 0 spiro atoms. The average molecular weight is 196 g/mol. The summed E-state index contributed by atoms with van der Waals surface area (Å²) in [4.78, 5) is 11.5. The Labute approximate surface area is 84.4 Å². The quantitative estimate of drug-likeness (QED) is 0.646. The van der Waals surface area contributed by atoms with Crippen molar-refractivity contribution in [3.8, 4) is 0 Å². The van der Waals surface area contributed by atoms with Crippen LogP contribution in [0.5, 0.6) is 0 Å². The van der Waals surface area contributed by atoms with Crippen LogP contribution in [0.1, 0.15) is 20.8 Å². The van der Waals surface area contributed by atoms with Gasteiger partial charge in [0.05, 0.1) is 13.2 Å². The molecule has 78 valence electrons. The summed E-state index contributed by atoms with van der Waals surface area (Å²) in [7, 11) is 0. The molecule has 0 unspecified atom stereocenters. The van der Waals surface area contributed by atoms with Crippen LogP contribution in [0, 0.1) is 0 Å². The van der Waals surface area contributed by atoms with Crippen molar-refractivity contribution in [2.75, 3.05) is 13.2 Å². The minimum Gasteiger partial charge on any atom is -0.344 e. The Morgan fingerprint density at radius 2 is 1.86 bits per heavy atom. The first kappa shape index (κ1) is 11.1. The van der Waals surface area contributed by atoms with Crippen LogP contribution in [0.25, 0.3) is 0 Å². The second-order valence-corrected chi connectivity index (χ2v) is 3.65. The first-order valence-electron chi connectivity index (χ1n) is 4.62. The third-order valence-electron chi connectivity index (χ3n) is 2.09. The van der Waals surface area contributed by atoms with Gasteiger partial charge in [-0.3, -0.25) is 4.79 Å². The van der Waals surface area contributed by atoms with Gasteiger partial charge in [-0.25, -0.2) is 0 Å². The van der Waals surface area contributed by atoms with E-state index in [-0.39, 0.29) is 5.78 Å². The Hall–Kier alpha value is -0.930. The lowest BCUT2D eigenvalue weighted by molar-refractivity contribution is -0.114. The molecule has 0 bridgehead atoms. The van der Waals surface area contributed by atoms with E-state index in [2.05, 4.69) is 6.58 Å². The van der Waals surface area contributed by atoms with Crippen LogP contribution in [0.2, 0.25) is 0 Å². The van der Waals surface area contributed by atoms with Crippen LogP contribution >= 0.6 is 0 Å². The zero-order valence-electron chi connectivity index (χ0n) is 8.92. The third-order valence-corrected chi connectivity index (χ3v) is 2.09. The van der Waals surface area contributed by atoms with Gasteiger partial charge in [0.1, 0.15) is 0 Å². The number of ketones is 1. The molecule has 1 saturated heterocycles. The molecular weight excluding hydrogens is 180 g/mol. The number of allylic oxidation sites excluding steroid dienone is 2. The Morgan fingerprint density at radius 3 is 2.29 bits per heavy atom. The number of rotatable bonds is 3. The van der Waals surface area contributed by atoms with E-state index >= 15 is 0 Å². The van der Waals surface area contributed by atoms with Gasteiger partial charge in [-0.15, -0.1) is 0 Å². The number of hydrogen-bond donors (Lipinski definition) is 0. The fourth-order valence-corrected chi connectivity index (χ4v) is 1.41.